The number of aryl methyl sites for hydroxylation is 3. The number of H-pyrrole nitrogens is 1. The Hall–Kier alpha value is -3.38. The van der Waals surface area contributed by atoms with Crippen molar-refractivity contribution in [1.29, 1.82) is 0 Å². The van der Waals surface area contributed by atoms with Crippen LogP contribution < -0.4 is 5.32 Å². The summed E-state index contributed by atoms with van der Waals surface area (Å²) in [6.07, 6.45) is 0.669. The van der Waals surface area contributed by atoms with Gasteiger partial charge in [-0.05, 0) is 39.3 Å². The van der Waals surface area contributed by atoms with Gasteiger partial charge in [0, 0.05) is 16.8 Å². The van der Waals surface area contributed by atoms with Crippen molar-refractivity contribution in [3.63, 3.8) is 0 Å². The molecule has 6 heteroatoms. The fourth-order valence-corrected chi connectivity index (χ4v) is 4.44. The number of amides is 1. The van der Waals surface area contributed by atoms with Crippen LogP contribution in [-0.2, 0) is 4.79 Å². The molecule has 4 aromatic rings. The van der Waals surface area contributed by atoms with Crippen LogP contribution in [0.3, 0.4) is 0 Å². The van der Waals surface area contributed by atoms with Crippen molar-refractivity contribution in [3.05, 3.63) is 83.6 Å². The summed E-state index contributed by atoms with van der Waals surface area (Å²) in [6, 6.07) is 22.4. The van der Waals surface area contributed by atoms with Crippen LogP contribution in [0.5, 0.6) is 0 Å². The third-order valence-electron chi connectivity index (χ3n) is 5.40. The Balaban J connectivity index is 1.63. The van der Waals surface area contributed by atoms with Crippen molar-refractivity contribution in [1.82, 2.24) is 15.0 Å². The van der Waals surface area contributed by atoms with Crippen molar-refractivity contribution in [3.8, 4) is 22.5 Å². The Bertz CT molecular complexity index is 1180. The molecular formula is C27H28N4OS. The molecule has 4 rings (SSSR count). The molecule has 2 aromatic carbocycles. The molecule has 168 valence electrons. The lowest BCUT2D eigenvalue weighted by Gasteiger charge is -2.13. The smallest absolute Gasteiger partial charge is 0.239 e. The monoisotopic (exact) mass is 456 g/mol. The Morgan fingerprint density at radius 1 is 0.909 bits per heavy atom. The number of nitrogens with one attached hydrogen (secondary N) is 2. The number of rotatable bonds is 7. The topological polar surface area (TPSA) is 70.7 Å². The van der Waals surface area contributed by atoms with Crippen LogP contribution in [0, 0.1) is 20.8 Å². The van der Waals surface area contributed by atoms with E-state index in [9.17, 15) is 4.79 Å². The summed E-state index contributed by atoms with van der Waals surface area (Å²) in [7, 11) is 0. The molecule has 0 radical (unpaired) electrons. The Kier molecular flexibility index (Phi) is 6.94. The average molecular weight is 457 g/mol. The summed E-state index contributed by atoms with van der Waals surface area (Å²) in [6.45, 7) is 8.06. The van der Waals surface area contributed by atoms with Gasteiger partial charge in [0.1, 0.15) is 5.82 Å². The summed E-state index contributed by atoms with van der Waals surface area (Å²) in [5.41, 5.74) is 7.22. The van der Waals surface area contributed by atoms with Crippen molar-refractivity contribution >= 4 is 23.5 Å². The fraction of sp³-hybridized carbons (Fsp3) is 0.222. The van der Waals surface area contributed by atoms with Crippen LogP contribution in [0.1, 0.15) is 30.2 Å². The van der Waals surface area contributed by atoms with Crippen molar-refractivity contribution in [2.45, 2.75) is 44.5 Å². The maximum atomic E-state index is 13.0. The number of benzene rings is 2. The molecule has 0 aliphatic carbocycles. The van der Waals surface area contributed by atoms with Gasteiger partial charge in [0.2, 0.25) is 5.91 Å². The lowest BCUT2D eigenvalue weighted by Crippen LogP contribution is -2.25. The number of aromatic amines is 1. The SMILES string of the molecule is CCC(Sc1nc(-c2ccc(C)cc2)c(-c2ccc(C)cc2)[nH]1)C(=O)Nc1cccc(C)n1. The molecule has 0 saturated carbocycles. The van der Waals surface area contributed by atoms with Crippen LogP contribution in [0.15, 0.2) is 71.9 Å². The molecule has 1 unspecified atom stereocenters. The van der Waals surface area contributed by atoms with Crippen LogP contribution in [0.2, 0.25) is 0 Å². The Morgan fingerprint density at radius 2 is 1.55 bits per heavy atom. The van der Waals surface area contributed by atoms with Gasteiger partial charge in [-0.1, -0.05) is 84.4 Å². The van der Waals surface area contributed by atoms with Crippen LogP contribution >= 0.6 is 11.8 Å². The molecule has 0 saturated heterocycles. The van der Waals surface area contributed by atoms with Crippen LogP contribution in [-0.4, -0.2) is 26.1 Å². The number of anilines is 1. The van der Waals surface area contributed by atoms with Crippen LogP contribution in [0.4, 0.5) is 5.82 Å². The maximum absolute atomic E-state index is 13.0. The second-order valence-corrected chi connectivity index (χ2v) is 9.36. The third-order valence-corrected chi connectivity index (χ3v) is 6.65. The van der Waals surface area contributed by atoms with E-state index in [1.54, 1.807) is 6.07 Å². The molecule has 0 fully saturated rings. The number of aromatic nitrogens is 3. The molecule has 0 aliphatic rings. The maximum Gasteiger partial charge on any atom is 0.239 e. The van der Waals surface area contributed by atoms with E-state index >= 15 is 0 Å². The molecule has 33 heavy (non-hydrogen) atoms. The normalized spacial score (nSPS) is 11.9. The molecular weight excluding hydrogens is 428 g/mol. The highest BCUT2D eigenvalue weighted by Gasteiger charge is 2.22. The zero-order chi connectivity index (χ0) is 23.4. The highest BCUT2D eigenvalue weighted by molar-refractivity contribution is 8.00. The molecule has 0 spiro atoms. The molecule has 2 aromatic heterocycles. The molecule has 0 aliphatic heterocycles. The first-order chi connectivity index (χ1) is 15.9. The largest absolute Gasteiger partial charge is 0.332 e. The standard InChI is InChI=1S/C27H28N4OS/c1-5-22(26(32)29-23-8-6-7-19(4)28-23)33-27-30-24(20-13-9-17(2)10-14-20)25(31-27)21-15-11-18(3)12-16-21/h6-16,22H,5H2,1-4H3,(H,30,31)(H,28,29,32). The molecule has 2 heterocycles. The number of carbonyl (C=O) groups is 1. The number of pyridine rings is 1. The number of carbonyl (C=O) groups excluding carboxylic acids is 1. The lowest BCUT2D eigenvalue weighted by atomic mass is 10.0. The first-order valence-corrected chi connectivity index (χ1v) is 12.0. The van der Waals surface area contributed by atoms with Gasteiger partial charge in [-0.3, -0.25) is 4.79 Å². The van der Waals surface area contributed by atoms with Gasteiger partial charge >= 0.3 is 0 Å². The van der Waals surface area contributed by atoms with E-state index in [1.165, 1.54) is 22.9 Å². The van der Waals surface area contributed by atoms with Crippen LogP contribution in [0.25, 0.3) is 22.5 Å². The van der Waals surface area contributed by atoms with Gasteiger partial charge in [-0.2, -0.15) is 0 Å². The van der Waals surface area contributed by atoms with Crippen molar-refractivity contribution < 1.29 is 4.79 Å². The van der Waals surface area contributed by atoms with Gasteiger partial charge in [-0.15, -0.1) is 0 Å². The summed E-state index contributed by atoms with van der Waals surface area (Å²) in [5, 5.41) is 3.37. The zero-order valence-electron chi connectivity index (χ0n) is 19.3. The zero-order valence-corrected chi connectivity index (χ0v) is 20.2. The lowest BCUT2D eigenvalue weighted by molar-refractivity contribution is -0.115. The molecule has 2 N–H and O–H groups in total. The average Bonchev–Trinajstić information content (AvgIpc) is 3.22. The molecule has 1 amide bonds. The number of hydrogen-bond acceptors (Lipinski definition) is 4. The quantitative estimate of drug-likeness (QED) is 0.308. The number of thioether (sulfide) groups is 1. The molecule has 5 nitrogen and oxygen atoms in total. The minimum atomic E-state index is -0.296. The van der Waals surface area contributed by atoms with Gasteiger partial charge in [0.05, 0.1) is 16.6 Å². The van der Waals surface area contributed by atoms with Gasteiger partial charge < -0.3 is 10.3 Å². The van der Waals surface area contributed by atoms with Gasteiger partial charge in [-0.25, -0.2) is 9.97 Å². The predicted octanol–water partition coefficient (Wildman–Crippen LogP) is 6.57. The van der Waals surface area contributed by atoms with Crippen molar-refractivity contribution in [2.24, 2.45) is 0 Å². The van der Waals surface area contributed by atoms with E-state index in [2.05, 4.69) is 77.7 Å². The van der Waals surface area contributed by atoms with Gasteiger partial charge in [0.15, 0.2) is 5.16 Å². The fourth-order valence-electron chi connectivity index (χ4n) is 3.53. The Labute approximate surface area is 199 Å². The van der Waals surface area contributed by atoms with E-state index in [4.69, 9.17) is 4.98 Å². The van der Waals surface area contributed by atoms with E-state index in [1.807, 2.05) is 26.0 Å². The molecule has 1 atom stereocenters. The highest BCUT2D eigenvalue weighted by Crippen LogP contribution is 2.35. The predicted molar refractivity (Wildman–Crippen MR) is 136 cm³/mol. The minimum absolute atomic E-state index is 0.0780. The third kappa shape index (κ3) is 5.52. The van der Waals surface area contributed by atoms with Gasteiger partial charge in [0.25, 0.3) is 0 Å². The van der Waals surface area contributed by atoms with E-state index in [0.29, 0.717) is 12.2 Å². The minimum Gasteiger partial charge on any atom is -0.332 e. The van der Waals surface area contributed by atoms with E-state index in [0.717, 1.165) is 33.4 Å². The first-order valence-electron chi connectivity index (χ1n) is 11.1. The second-order valence-electron chi connectivity index (χ2n) is 8.17. The summed E-state index contributed by atoms with van der Waals surface area (Å²) in [4.78, 5) is 25.7. The molecule has 0 bridgehead atoms. The summed E-state index contributed by atoms with van der Waals surface area (Å²) >= 11 is 1.44. The number of imidazole rings is 1. The number of nitrogens with zero attached hydrogens (tertiary/aromatic N) is 2. The van der Waals surface area contributed by atoms with E-state index in [-0.39, 0.29) is 11.2 Å². The first kappa shape index (κ1) is 22.8. The van der Waals surface area contributed by atoms with Crippen molar-refractivity contribution in [2.75, 3.05) is 5.32 Å². The summed E-state index contributed by atoms with van der Waals surface area (Å²) < 4.78 is 0. The number of hydrogen-bond donors (Lipinski definition) is 2. The van der Waals surface area contributed by atoms with E-state index < -0.39 is 0 Å². The Morgan fingerprint density at radius 3 is 2.15 bits per heavy atom. The second kappa shape index (κ2) is 10.0. The highest BCUT2D eigenvalue weighted by atomic mass is 32.2. The summed E-state index contributed by atoms with van der Waals surface area (Å²) in [5.74, 6) is 0.491.